The van der Waals surface area contributed by atoms with Crippen molar-refractivity contribution >= 4 is 22.8 Å². The van der Waals surface area contributed by atoms with E-state index in [1.54, 1.807) is 0 Å². The lowest BCUT2D eigenvalue weighted by molar-refractivity contribution is -0.134. The van der Waals surface area contributed by atoms with Gasteiger partial charge in [-0.3, -0.25) is 14.5 Å². The molecule has 36 heavy (non-hydrogen) atoms. The van der Waals surface area contributed by atoms with Crippen LogP contribution >= 0.6 is 11.6 Å². The van der Waals surface area contributed by atoms with Gasteiger partial charge in [0.15, 0.2) is 0 Å². The summed E-state index contributed by atoms with van der Waals surface area (Å²) in [6.07, 6.45) is 19.0. The first-order valence-electron chi connectivity index (χ1n) is 14.8. The molecule has 2 bridgehead atoms. The number of rotatable bonds is 12. The zero-order valence-corrected chi connectivity index (χ0v) is 22.7. The van der Waals surface area contributed by atoms with E-state index in [1.165, 1.54) is 82.0 Å². The van der Waals surface area contributed by atoms with E-state index in [-0.39, 0.29) is 11.2 Å². The molecule has 0 aromatic heterocycles. The summed E-state index contributed by atoms with van der Waals surface area (Å²) in [5.41, 5.74) is 3.31. The summed E-state index contributed by atoms with van der Waals surface area (Å²) in [5, 5.41) is -0.243. The van der Waals surface area contributed by atoms with E-state index >= 15 is 0 Å². The molecule has 0 amide bonds. The first-order chi connectivity index (χ1) is 17.5. The van der Waals surface area contributed by atoms with Crippen molar-refractivity contribution in [1.29, 1.82) is 0 Å². The van der Waals surface area contributed by atoms with E-state index in [2.05, 4.69) is 17.0 Å². The van der Waals surface area contributed by atoms with Crippen molar-refractivity contribution in [3.8, 4) is 5.75 Å². The molecule has 0 radical (unpaired) electrons. The van der Waals surface area contributed by atoms with Crippen LogP contribution in [0.2, 0.25) is 0 Å². The fourth-order valence-corrected chi connectivity index (χ4v) is 7.92. The molecule has 3 atom stereocenters. The van der Waals surface area contributed by atoms with Gasteiger partial charge in [-0.25, -0.2) is 0 Å². The highest BCUT2D eigenvalue weighted by Gasteiger charge is 2.54. The number of carbonyl (C=O) groups is 2. The standard InChI is InChI=1S/C31H44ClNO3/c32-29(34)13-5-3-1-2-4-6-14-30(35)36-25-16-15-24-20-28-26-12-7-8-17-31(26,27(24)21-25)18-19-33(28)22-23-10-9-11-23/h15-16,21,23,26,28H,1-14,17-20,22H2/t26-,28-,31-/m0/s1. The van der Waals surface area contributed by atoms with Gasteiger partial charge >= 0.3 is 5.97 Å². The van der Waals surface area contributed by atoms with Gasteiger partial charge in [0.2, 0.25) is 5.24 Å². The minimum atomic E-state index is -0.243. The van der Waals surface area contributed by atoms with E-state index in [4.69, 9.17) is 16.3 Å². The van der Waals surface area contributed by atoms with E-state index in [9.17, 15) is 9.59 Å². The highest BCUT2D eigenvalue weighted by molar-refractivity contribution is 6.63. The van der Waals surface area contributed by atoms with Crippen LogP contribution in [0.5, 0.6) is 5.75 Å². The second kappa shape index (κ2) is 12.0. The zero-order chi connectivity index (χ0) is 25.0. The molecule has 1 saturated heterocycles. The van der Waals surface area contributed by atoms with Crippen molar-refractivity contribution in [2.75, 3.05) is 13.1 Å². The Balaban J connectivity index is 1.16. The van der Waals surface area contributed by atoms with Gasteiger partial charge in [0.05, 0.1) is 0 Å². The molecule has 4 nitrogen and oxygen atoms in total. The van der Waals surface area contributed by atoms with Crippen LogP contribution in [0, 0.1) is 11.8 Å². The number of fused-ring (bicyclic) bond motifs is 1. The molecule has 3 fully saturated rings. The highest BCUT2D eigenvalue weighted by atomic mass is 35.5. The van der Waals surface area contributed by atoms with Gasteiger partial charge in [-0.2, -0.15) is 0 Å². The van der Waals surface area contributed by atoms with E-state index in [1.807, 2.05) is 6.07 Å². The van der Waals surface area contributed by atoms with Crippen molar-refractivity contribution in [3.05, 3.63) is 29.3 Å². The number of ether oxygens (including phenoxy) is 1. The average molecular weight is 514 g/mol. The van der Waals surface area contributed by atoms with Gasteiger partial charge in [-0.15, -0.1) is 0 Å². The van der Waals surface area contributed by atoms with Crippen molar-refractivity contribution < 1.29 is 14.3 Å². The van der Waals surface area contributed by atoms with Crippen molar-refractivity contribution in [1.82, 2.24) is 4.90 Å². The molecule has 3 aliphatic carbocycles. The Kier molecular flexibility index (Phi) is 8.73. The Labute approximate surface area is 222 Å². The maximum absolute atomic E-state index is 12.6. The van der Waals surface area contributed by atoms with E-state index < -0.39 is 0 Å². The summed E-state index contributed by atoms with van der Waals surface area (Å²) in [7, 11) is 0. The first-order valence-corrected chi connectivity index (χ1v) is 15.2. The summed E-state index contributed by atoms with van der Waals surface area (Å²) < 4.78 is 5.86. The van der Waals surface area contributed by atoms with Crippen LogP contribution in [0.25, 0.3) is 0 Å². The summed E-state index contributed by atoms with van der Waals surface area (Å²) >= 11 is 5.38. The molecule has 1 aromatic carbocycles. The van der Waals surface area contributed by atoms with Crippen LogP contribution in [0.15, 0.2) is 18.2 Å². The summed E-state index contributed by atoms with van der Waals surface area (Å²) in [6, 6.07) is 7.27. The van der Waals surface area contributed by atoms with Crippen LogP contribution in [0.3, 0.4) is 0 Å². The number of carbonyl (C=O) groups excluding carboxylic acids is 2. The Bertz CT molecular complexity index is 928. The molecule has 0 spiro atoms. The van der Waals surface area contributed by atoms with Crippen molar-refractivity contribution in [2.45, 2.75) is 121 Å². The number of hydrogen-bond acceptors (Lipinski definition) is 4. The number of unbranched alkanes of at least 4 members (excludes halogenated alkanes) is 5. The number of likely N-dealkylation sites (tertiary alicyclic amines) is 1. The lowest BCUT2D eigenvalue weighted by Crippen LogP contribution is -2.61. The molecule has 1 aromatic rings. The van der Waals surface area contributed by atoms with Crippen LogP contribution < -0.4 is 4.74 Å². The fourth-order valence-electron chi connectivity index (χ4n) is 7.78. The lowest BCUT2D eigenvalue weighted by atomic mass is 9.52. The molecule has 4 aliphatic rings. The predicted molar refractivity (Wildman–Crippen MR) is 145 cm³/mol. The summed E-state index contributed by atoms with van der Waals surface area (Å²) in [5.74, 6) is 2.34. The van der Waals surface area contributed by atoms with Gasteiger partial charge in [0.25, 0.3) is 0 Å². The van der Waals surface area contributed by atoms with Crippen molar-refractivity contribution in [2.24, 2.45) is 11.8 Å². The molecular weight excluding hydrogens is 470 g/mol. The Morgan fingerprint density at radius 1 is 0.944 bits per heavy atom. The summed E-state index contributed by atoms with van der Waals surface area (Å²) in [4.78, 5) is 26.2. The normalized spacial score (nSPS) is 27.6. The topological polar surface area (TPSA) is 46.6 Å². The van der Waals surface area contributed by atoms with Crippen LogP contribution in [-0.2, 0) is 21.4 Å². The van der Waals surface area contributed by atoms with Crippen LogP contribution in [-0.4, -0.2) is 35.2 Å². The molecule has 1 heterocycles. The fraction of sp³-hybridized carbons (Fsp3) is 0.742. The predicted octanol–water partition coefficient (Wildman–Crippen LogP) is 7.34. The number of halogens is 1. The largest absolute Gasteiger partial charge is 0.427 e. The number of esters is 1. The lowest BCUT2D eigenvalue weighted by Gasteiger charge is -2.59. The Hall–Kier alpha value is -1.39. The number of benzene rings is 1. The molecule has 1 aliphatic heterocycles. The van der Waals surface area contributed by atoms with Gasteiger partial charge in [0, 0.05) is 30.8 Å². The molecule has 5 heteroatoms. The minimum absolute atomic E-state index is 0.107. The molecule has 2 saturated carbocycles. The first kappa shape index (κ1) is 26.2. The molecular formula is C31H44ClNO3. The molecule has 5 rings (SSSR count). The van der Waals surface area contributed by atoms with Crippen LogP contribution in [0.1, 0.15) is 114 Å². The second-order valence-electron chi connectivity index (χ2n) is 12.1. The van der Waals surface area contributed by atoms with E-state index in [0.29, 0.717) is 24.3 Å². The van der Waals surface area contributed by atoms with Gasteiger partial charge in [0.1, 0.15) is 5.75 Å². The highest BCUT2D eigenvalue weighted by Crippen LogP contribution is 2.56. The Morgan fingerprint density at radius 2 is 1.72 bits per heavy atom. The maximum Gasteiger partial charge on any atom is 0.311 e. The third-order valence-electron chi connectivity index (χ3n) is 9.88. The third-order valence-corrected chi connectivity index (χ3v) is 10.1. The number of nitrogens with zero attached hydrogens (tertiary/aromatic N) is 1. The van der Waals surface area contributed by atoms with Crippen molar-refractivity contribution in [3.63, 3.8) is 0 Å². The quantitative estimate of drug-likeness (QED) is 0.127. The van der Waals surface area contributed by atoms with Gasteiger partial charge in [-0.1, -0.05) is 51.0 Å². The second-order valence-corrected chi connectivity index (χ2v) is 12.5. The third kappa shape index (κ3) is 5.85. The van der Waals surface area contributed by atoms with E-state index in [0.717, 1.165) is 56.1 Å². The van der Waals surface area contributed by atoms with Gasteiger partial charge in [-0.05, 0) is 105 Å². The van der Waals surface area contributed by atoms with Crippen LogP contribution in [0.4, 0.5) is 0 Å². The molecule has 0 N–H and O–H groups in total. The minimum Gasteiger partial charge on any atom is -0.427 e. The molecule has 198 valence electrons. The smallest absolute Gasteiger partial charge is 0.311 e. The van der Waals surface area contributed by atoms with Gasteiger partial charge < -0.3 is 4.74 Å². The molecule has 0 unspecified atom stereocenters. The summed E-state index contributed by atoms with van der Waals surface area (Å²) in [6.45, 7) is 2.55. The Morgan fingerprint density at radius 3 is 2.47 bits per heavy atom. The average Bonchev–Trinajstić information content (AvgIpc) is 2.84. The number of hydrogen-bond donors (Lipinski definition) is 0. The maximum atomic E-state index is 12.6. The number of piperidine rings is 1. The zero-order valence-electron chi connectivity index (χ0n) is 21.9. The monoisotopic (exact) mass is 513 g/mol. The SMILES string of the molecule is O=C(Cl)CCCCCCCCC(=O)Oc1ccc2c(c1)[C@]13CCCC[C@H]1[C@H](C2)N(CC1CCC1)CC3.